The highest BCUT2D eigenvalue weighted by molar-refractivity contribution is 5.92. The van der Waals surface area contributed by atoms with Crippen molar-refractivity contribution in [3.8, 4) is 28.7 Å². The predicted octanol–water partition coefficient (Wildman–Crippen LogP) is 3.54. The topological polar surface area (TPSA) is 112 Å². The molecule has 28 heavy (non-hydrogen) atoms. The van der Waals surface area contributed by atoms with E-state index in [-0.39, 0.29) is 36.2 Å². The molecule has 1 aromatic heterocycles. The fraction of sp³-hybridized carbons (Fsp3) is 0.300. The number of rotatable bonds is 5. The average molecular weight is 378 g/mol. The Morgan fingerprint density at radius 1 is 1.43 bits per heavy atom. The van der Waals surface area contributed by atoms with Gasteiger partial charge in [-0.3, -0.25) is 4.79 Å². The summed E-state index contributed by atoms with van der Waals surface area (Å²) in [6.07, 6.45) is 0.373. The first kappa shape index (κ1) is 19.0. The summed E-state index contributed by atoms with van der Waals surface area (Å²) in [7, 11) is 0. The summed E-state index contributed by atoms with van der Waals surface area (Å²) in [4.78, 5) is 20.1. The van der Waals surface area contributed by atoms with Crippen LogP contribution in [0.15, 0.2) is 18.2 Å². The lowest BCUT2D eigenvalue weighted by atomic mass is 9.91. The molecule has 2 heterocycles. The number of nitriles is 1. The minimum absolute atomic E-state index is 0.0422. The zero-order valence-electron chi connectivity index (χ0n) is 15.5. The zero-order chi connectivity index (χ0) is 20.3. The number of carbonyl (C=O) groups is 1. The first-order valence-corrected chi connectivity index (χ1v) is 8.73. The second-order valence-corrected chi connectivity index (χ2v) is 5.99. The third-order valence-corrected chi connectivity index (χ3v) is 4.42. The van der Waals surface area contributed by atoms with E-state index < -0.39 is 11.9 Å². The van der Waals surface area contributed by atoms with E-state index in [1.54, 1.807) is 32.0 Å². The predicted molar refractivity (Wildman–Crippen MR) is 101 cm³/mol. The molecule has 0 saturated heterocycles. The molecule has 0 spiro atoms. The maximum atomic E-state index is 12.4. The number of aromatic nitrogens is 1. The Morgan fingerprint density at radius 3 is 2.82 bits per heavy atom. The molecule has 0 radical (unpaired) electrons. The molecular formula is C20H18N4O4. The second kappa shape index (κ2) is 7.85. The van der Waals surface area contributed by atoms with Gasteiger partial charge in [0, 0.05) is 5.56 Å². The van der Waals surface area contributed by atoms with E-state index in [2.05, 4.69) is 15.9 Å². The SMILES string of the molecule is [C-]#[N+]c1c(N)nc(C(CC)C(=O)OCC)c(C#N)c1-c1ccc2c(c1)OCO2. The van der Waals surface area contributed by atoms with Crippen LogP contribution in [0.5, 0.6) is 11.5 Å². The molecule has 2 aromatic rings. The molecule has 8 heteroatoms. The summed E-state index contributed by atoms with van der Waals surface area (Å²) in [5.41, 5.74) is 7.29. The van der Waals surface area contributed by atoms with Crippen molar-refractivity contribution in [3.05, 3.63) is 40.9 Å². The van der Waals surface area contributed by atoms with E-state index in [0.29, 0.717) is 29.0 Å². The van der Waals surface area contributed by atoms with Gasteiger partial charge >= 0.3 is 5.97 Å². The monoisotopic (exact) mass is 378 g/mol. The van der Waals surface area contributed by atoms with E-state index in [1.165, 1.54) is 0 Å². The van der Waals surface area contributed by atoms with Gasteiger partial charge in [0.05, 0.1) is 24.4 Å². The van der Waals surface area contributed by atoms with Crippen LogP contribution in [0.4, 0.5) is 11.5 Å². The van der Waals surface area contributed by atoms with Crippen LogP contribution in [-0.4, -0.2) is 24.4 Å². The number of carbonyl (C=O) groups excluding carboxylic acids is 1. The Hall–Kier alpha value is -3.78. The smallest absolute Gasteiger partial charge is 0.315 e. The van der Waals surface area contributed by atoms with Crippen LogP contribution >= 0.6 is 0 Å². The van der Waals surface area contributed by atoms with E-state index in [4.69, 9.17) is 26.5 Å². The molecule has 8 nitrogen and oxygen atoms in total. The van der Waals surface area contributed by atoms with Crippen LogP contribution in [0, 0.1) is 17.9 Å². The number of esters is 1. The van der Waals surface area contributed by atoms with Crippen LogP contribution < -0.4 is 15.2 Å². The van der Waals surface area contributed by atoms with Gasteiger partial charge in [0.1, 0.15) is 17.8 Å². The first-order valence-electron chi connectivity index (χ1n) is 8.73. The van der Waals surface area contributed by atoms with Gasteiger partial charge in [-0.25, -0.2) is 9.83 Å². The van der Waals surface area contributed by atoms with Gasteiger partial charge in [-0.15, -0.1) is 0 Å². The highest BCUT2D eigenvalue weighted by Crippen LogP contribution is 2.44. The number of nitrogen functional groups attached to an aromatic ring is 1. The molecule has 0 amide bonds. The summed E-state index contributed by atoms with van der Waals surface area (Å²) in [6, 6.07) is 7.20. The number of nitrogens with zero attached hydrogens (tertiary/aromatic N) is 3. The molecular weight excluding hydrogens is 360 g/mol. The summed E-state index contributed by atoms with van der Waals surface area (Å²) in [5.74, 6) is -0.206. The first-order chi connectivity index (χ1) is 13.5. The fourth-order valence-electron chi connectivity index (χ4n) is 3.14. The number of fused-ring (bicyclic) bond motifs is 1. The number of benzene rings is 1. The molecule has 1 unspecified atom stereocenters. The number of hydrogen-bond acceptors (Lipinski definition) is 7. The summed E-state index contributed by atoms with van der Waals surface area (Å²) >= 11 is 0. The molecule has 0 fully saturated rings. The van der Waals surface area contributed by atoms with Crippen molar-refractivity contribution in [2.75, 3.05) is 19.1 Å². The van der Waals surface area contributed by atoms with E-state index >= 15 is 0 Å². The minimum Gasteiger partial charge on any atom is -0.465 e. The number of anilines is 1. The van der Waals surface area contributed by atoms with Gasteiger partial charge in [-0.05, 0) is 31.0 Å². The number of hydrogen-bond donors (Lipinski definition) is 1. The molecule has 0 saturated carbocycles. The van der Waals surface area contributed by atoms with Gasteiger partial charge in [0.2, 0.25) is 12.5 Å². The Labute approximate surface area is 162 Å². The van der Waals surface area contributed by atoms with Gasteiger partial charge in [-0.2, -0.15) is 5.26 Å². The lowest BCUT2D eigenvalue weighted by Crippen LogP contribution is -2.19. The zero-order valence-corrected chi connectivity index (χ0v) is 15.5. The van der Waals surface area contributed by atoms with Crippen molar-refractivity contribution in [1.82, 2.24) is 4.98 Å². The molecule has 0 bridgehead atoms. The fourth-order valence-corrected chi connectivity index (χ4v) is 3.14. The molecule has 142 valence electrons. The molecule has 1 aliphatic rings. The molecule has 0 aliphatic carbocycles. The minimum atomic E-state index is -0.760. The average Bonchev–Trinajstić information content (AvgIpc) is 3.16. The lowest BCUT2D eigenvalue weighted by Gasteiger charge is -2.19. The van der Waals surface area contributed by atoms with Gasteiger partial charge in [0.15, 0.2) is 11.5 Å². The van der Waals surface area contributed by atoms with E-state index in [0.717, 1.165) is 0 Å². The highest BCUT2D eigenvalue weighted by Gasteiger charge is 2.30. The maximum absolute atomic E-state index is 12.4. The Morgan fingerprint density at radius 2 is 2.18 bits per heavy atom. The summed E-state index contributed by atoms with van der Waals surface area (Å²) < 4.78 is 15.8. The quantitative estimate of drug-likeness (QED) is 0.625. The molecule has 1 aromatic carbocycles. The standard InChI is InChI=1S/C20H18N4O4/c1-4-12(20(25)26-5-2)17-13(9-21)16(18(23-3)19(22)24-17)11-6-7-14-15(8-11)28-10-27-14/h6-8,12H,4-5,10H2,1-2H3,(H2,22,24). The van der Waals surface area contributed by atoms with Crippen molar-refractivity contribution < 1.29 is 19.0 Å². The molecule has 3 rings (SSSR count). The van der Waals surface area contributed by atoms with Gasteiger partial charge in [-0.1, -0.05) is 13.0 Å². The van der Waals surface area contributed by atoms with Crippen LogP contribution in [0.2, 0.25) is 0 Å². The van der Waals surface area contributed by atoms with Crippen molar-refractivity contribution in [1.29, 1.82) is 5.26 Å². The van der Waals surface area contributed by atoms with Crippen molar-refractivity contribution >= 4 is 17.5 Å². The number of nitrogens with two attached hydrogens (primary N) is 1. The van der Waals surface area contributed by atoms with Crippen molar-refractivity contribution in [3.63, 3.8) is 0 Å². The van der Waals surface area contributed by atoms with Gasteiger partial charge < -0.3 is 19.9 Å². The number of ether oxygens (including phenoxy) is 3. The van der Waals surface area contributed by atoms with E-state index in [1.807, 2.05) is 0 Å². The van der Waals surface area contributed by atoms with Crippen LogP contribution in [0.3, 0.4) is 0 Å². The summed E-state index contributed by atoms with van der Waals surface area (Å²) in [6.45, 7) is 11.3. The normalized spacial score (nSPS) is 12.7. The molecule has 1 aliphatic heterocycles. The summed E-state index contributed by atoms with van der Waals surface area (Å²) in [5, 5.41) is 9.88. The third kappa shape index (κ3) is 3.17. The largest absolute Gasteiger partial charge is 0.465 e. The van der Waals surface area contributed by atoms with Crippen molar-refractivity contribution in [2.24, 2.45) is 0 Å². The molecule has 2 N–H and O–H groups in total. The van der Waals surface area contributed by atoms with E-state index in [9.17, 15) is 10.1 Å². The number of pyridine rings is 1. The van der Waals surface area contributed by atoms with Crippen LogP contribution in [-0.2, 0) is 9.53 Å². The van der Waals surface area contributed by atoms with Crippen molar-refractivity contribution in [2.45, 2.75) is 26.2 Å². The Kier molecular flexibility index (Phi) is 5.32. The lowest BCUT2D eigenvalue weighted by molar-refractivity contribution is -0.145. The molecule has 1 atom stereocenters. The van der Waals surface area contributed by atoms with Gasteiger partial charge in [0.25, 0.3) is 0 Å². The van der Waals surface area contributed by atoms with Crippen LogP contribution in [0.25, 0.3) is 16.0 Å². The maximum Gasteiger partial charge on any atom is 0.315 e. The highest BCUT2D eigenvalue weighted by atomic mass is 16.7. The second-order valence-electron chi connectivity index (χ2n) is 5.99. The Bertz CT molecular complexity index is 1020. The third-order valence-electron chi connectivity index (χ3n) is 4.42. The Balaban J connectivity index is 2.27. The van der Waals surface area contributed by atoms with Crippen LogP contribution in [0.1, 0.15) is 37.4 Å².